The van der Waals surface area contributed by atoms with Gasteiger partial charge < -0.3 is 9.47 Å². The fraction of sp³-hybridized carbons (Fsp3) is 0.625. The van der Waals surface area contributed by atoms with Crippen molar-refractivity contribution >= 4 is 5.82 Å². The van der Waals surface area contributed by atoms with E-state index >= 15 is 0 Å². The first-order valence-electron chi connectivity index (χ1n) is 4.09. The summed E-state index contributed by atoms with van der Waals surface area (Å²) in [6.07, 6.45) is 6.44. The van der Waals surface area contributed by atoms with Gasteiger partial charge in [0.1, 0.15) is 5.82 Å². The molecular weight excluding hydrogens is 138 g/mol. The largest absolute Gasteiger partial charge is 0.357 e. The van der Waals surface area contributed by atoms with E-state index in [4.69, 9.17) is 0 Å². The Morgan fingerprint density at radius 3 is 2.64 bits per heavy atom. The molecule has 0 aliphatic carbocycles. The van der Waals surface area contributed by atoms with E-state index in [1.165, 1.54) is 31.7 Å². The first-order valence-corrected chi connectivity index (χ1v) is 4.09. The molecule has 1 aliphatic rings. The van der Waals surface area contributed by atoms with Gasteiger partial charge >= 0.3 is 0 Å². The van der Waals surface area contributed by atoms with Crippen molar-refractivity contribution in [3.05, 3.63) is 12.5 Å². The van der Waals surface area contributed by atoms with Crippen LogP contribution < -0.4 is 4.90 Å². The summed E-state index contributed by atoms with van der Waals surface area (Å²) in [4.78, 5) is 6.47. The van der Waals surface area contributed by atoms with Crippen LogP contribution in [-0.2, 0) is 7.05 Å². The van der Waals surface area contributed by atoms with Crippen LogP contribution in [0.3, 0.4) is 0 Å². The molecule has 0 atom stereocenters. The first kappa shape index (κ1) is 6.70. The van der Waals surface area contributed by atoms with E-state index in [2.05, 4.69) is 14.5 Å². The predicted octanol–water partition coefficient (Wildman–Crippen LogP) is 1.02. The van der Waals surface area contributed by atoms with Crippen LogP contribution in [0.25, 0.3) is 0 Å². The monoisotopic (exact) mass is 151 g/mol. The Labute approximate surface area is 66.6 Å². The lowest BCUT2D eigenvalue weighted by Gasteiger charge is -2.16. The Balaban J connectivity index is 2.21. The molecule has 0 spiro atoms. The number of imidazole rings is 1. The third-order valence-corrected chi connectivity index (χ3v) is 2.22. The molecule has 0 amide bonds. The molecular formula is C8H13N3. The van der Waals surface area contributed by atoms with Crippen LogP contribution >= 0.6 is 0 Å². The van der Waals surface area contributed by atoms with Crippen molar-refractivity contribution in [2.75, 3.05) is 18.0 Å². The van der Waals surface area contributed by atoms with Crippen LogP contribution in [0.1, 0.15) is 12.8 Å². The van der Waals surface area contributed by atoms with Gasteiger partial charge in [0.2, 0.25) is 0 Å². The first-order chi connectivity index (χ1) is 5.38. The van der Waals surface area contributed by atoms with Crippen molar-refractivity contribution < 1.29 is 0 Å². The van der Waals surface area contributed by atoms with Crippen molar-refractivity contribution in [3.8, 4) is 0 Å². The Hall–Kier alpha value is -0.990. The summed E-state index contributed by atoms with van der Waals surface area (Å²) in [5.74, 6) is 1.25. The number of nitrogens with zero attached hydrogens (tertiary/aromatic N) is 3. The van der Waals surface area contributed by atoms with E-state index < -0.39 is 0 Å². The highest BCUT2D eigenvalue weighted by Crippen LogP contribution is 2.17. The molecule has 0 N–H and O–H groups in total. The van der Waals surface area contributed by atoms with Crippen molar-refractivity contribution in [1.29, 1.82) is 0 Å². The Kier molecular flexibility index (Phi) is 1.56. The van der Waals surface area contributed by atoms with Crippen molar-refractivity contribution in [2.45, 2.75) is 12.8 Å². The van der Waals surface area contributed by atoms with Gasteiger partial charge in [0.15, 0.2) is 0 Å². The van der Waals surface area contributed by atoms with Gasteiger partial charge in [-0.25, -0.2) is 4.98 Å². The molecule has 1 saturated heterocycles. The molecule has 3 nitrogen and oxygen atoms in total. The third kappa shape index (κ3) is 1.11. The van der Waals surface area contributed by atoms with E-state index in [1.807, 2.05) is 19.6 Å². The van der Waals surface area contributed by atoms with Gasteiger partial charge in [0.25, 0.3) is 0 Å². The second-order valence-electron chi connectivity index (χ2n) is 3.06. The molecule has 2 rings (SSSR count). The second kappa shape index (κ2) is 2.57. The molecule has 1 aromatic heterocycles. The summed E-state index contributed by atoms with van der Waals surface area (Å²) in [6, 6.07) is 0. The van der Waals surface area contributed by atoms with Crippen LogP contribution in [-0.4, -0.2) is 22.6 Å². The van der Waals surface area contributed by atoms with Crippen molar-refractivity contribution in [3.63, 3.8) is 0 Å². The molecule has 1 aliphatic heterocycles. The van der Waals surface area contributed by atoms with E-state index in [-0.39, 0.29) is 0 Å². The SMILES string of the molecule is Cn1cncc1N1CCCC1. The predicted molar refractivity (Wildman–Crippen MR) is 44.7 cm³/mol. The quantitative estimate of drug-likeness (QED) is 0.597. The van der Waals surface area contributed by atoms with Crippen LogP contribution in [0.2, 0.25) is 0 Å². The zero-order valence-electron chi connectivity index (χ0n) is 6.82. The lowest BCUT2D eigenvalue weighted by Crippen LogP contribution is -2.19. The van der Waals surface area contributed by atoms with Crippen LogP contribution in [0.15, 0.2) is 12.5 Å². The standard InChI is InChI=1S/C8H13N3/c1-10-7-9-6-8(10)11-4-2-3-5-11/h6-7H,2-5H2,1H3. The Morgan fingerprint density at radius 2 is 2.09 bits per heavy atom. The zero-order valence-corrected chi connectivity index (χ0v) is 6.82. The minimum absolute atomic E-state index is 1.19. The lowest BCUT2D eigenvalue weighted by molar-refractivity contribution is 0.839. The molecule has 60 valence electrons. The van der Waals surface area contributed by atoms with E-state index in [0.717, 1.165) is 0 Å². The topological polar surface area (TPSA) is 21.1 Å². The van der Waals surface area contributed by atoms with E-state index in [1.54, 1.807) is 0 Å². The minimum atomic E-state index is 1.19. The number of hydrogen-bond acceptors (Lipinski definition) is 2. The molecule has 1 aromatic rings. The summed E-state index contributed by atoms with van der Waals surface area (Å²) < 4.78 is 2.07. The van der Waals surface area contributed by atoms with Gasteiger partial charge in [-0.05, 0) is 12.8 Å². The number of rotatable bonds is 1. The lowest BCUT2D eigenvalue weighted by atomic mass is 10.4. The molecule has 3 heteroatoms. The molecule has 0 bridgehead atoms. The number of aromatic nitrogens is 2. The summed E-state index contributed by atoms with van der Waals surface area (Å²) in [7, 11) is 2.04. The van der Waals surface area contributed by atoms with Crippen molar-refractivity contribution in [1.82, 2.24) is 9.55 Å². The minimum Gasteiger partial charge on any atom is -0.357 e. The van der Waals surface area contributed by atoms with Gasteiger partial charge in [-0.1, -0.05) is 0 Å². The summed E-state index contributed by atoms with van der Waals surface area (Å²) in [5, 5.41) is 0. The van der Waals surface area contributed by atoms with Crippen LogP contribution in [0.4, 0.5) is 5.82 Å². The average molecular weight is 151 g/mol. The van der Waals surface area contributed by atoms with Crippen LogP contribution in [0, 0.1) is 0 Å². The summed E-state index contributed by atoms with van der Waals surface area (Å²) in [6.45, 7) is 2.39. The highest BCUT2D eigenvalue weighted by Gasteiger charge is 2.13. The number of aryl methyl sites for hydroxylation is 1. The van der Waals surface area contributed by atoms with Crippen molar-refractivity contribution in [2.24, 2.45) is 7.05 Å². The van der Waals surface area contributed by atoms with Gasteiger partial charge in [-0.3, -0.25) is 0 Å². The highest BCUT2D eigenvalue weighted by molar-refractivity contribution is 5.37. The van der Waals surface area contributed by atoms with Gasteiger partial charge in [0, 0.05) is 20.1 Å². The molecule has 0 unspecified atom stereocenters. The smallest absolute Gasteiger partial charge is 0.128 e. The Bertz CT molecular complexity index is 235. The maximum Gasteiger partial charge on any atom is 0.128 e. The zero-order chi connectivity index (χ0) is 7.68. The molecule has 2 heterocycles. The maximum atomic E-state index is 4.09. The van der Waals surface area contributed by atoms with E-state index in [9.17, 15) is 0 Å². The Morgan fingerprint density at radius 1 is 1.36 bits per heavy atom. The fourth-order valence-electron chi connectivity index (χ4n) is 1.60. The summed E-state index contributed by atoms with van der Waals surface area (Å²) in [5.41, 5.74) is 0. The molecule has 0 radical (unpaired) electrons. The molecule has 1 fully saturated rings. The second-order valence-corrected chi connectivity index (χ2v) is 3.06. The average Bonchev–Trinajstić information content (AvgIpc) is 2.55. The summed E-state index contributed by atoms with van der Waals surface area (Å²) >= 11 is 0. The maximum absolute atomic E-state index is 4.09. The number of hydrogen-bond donors (Lipinski definition) is 0. The normalized spacial score (nSPS) is 17.7. The van der Waals surface area contributed by atoms with Gasteiger partial charge in [-0.15, -0.1) is 0 Å². The fourth-order valence-corrected chi connectivity index (χ4v) is 1.60. The molecule has 11 heavy (non-hydrogen) atoms. The molecule has 0 saturated carbocycles. The van der Waals surface area contributed by atoms with E-state index in [0.29, 0.717) is 0 Å². The third-order valence-electron chi connectivity index (χ3n) is 2.22. The van der Waals surface area contributed by atoms with Crippen LogP contribution in [0.5, 0.6) is 0 Å². The highest BCUT2D eigenvalue weighted by atomic mass is 15.3. The number of anilines is 1. The molecule has 0 aromatic carbocycles. The van der Waals surface area contributed by atoms with Gasteiger partial charge in [0.05, 0.1) is 12.5 Å². The van der Waals surface area contributed by atoms with Gasteiger partial charge in [-0.2, -0.15) is 0 Å².